The second-order valence-corrected chi connectivity index (χ2v) is 8.29. The molecule has 172 valence electrons. The van der Waals surface area contributed by atoms with Crippen LogP contribution in [0.5, 0.6) is 0 Å². The predicted molar refractivity (Wildman–Crippen MR) is 114 cm³/mol. The van der Waals surface area contributed by atoms with Crippen molar-refractivity contribution in [3.63, 3.8) is 0 Å². The molecule has 11 heteroatoms. The highest BCUT2D eigenvalue weighted by atomic mass is 19.4. The molecule has 1 aromatic carbocycles. The van der Waals surface area contributed by atoms with Gasteiger partial charge in [0.15, 0.2) is 11.4 Å². The Kier molecular flexibility index (Phi) is 4.62. The molecule has 1 amide bonds. The monoisotopic (exact) mass is 457 g/mol. The maximum absolute atomic E-state index is 13.5. The number of hydrogen-bond donors (Lipinski definition) is 0. The van der Waals surface area contributed by atoms with Gasteiger partial charge in [0.25, 0.3) is 5.91 Å². The Bertz CT molecular complexity index is 1400. The van der Waals surface area contributed by atoms with Gasteiger partial charge in [-0.2, -0.15) is 28.5 Å². The maximum atomic E-state index is 13.5. The summed E-state index contributed by atoms with van der Waals surface area (Å²) in [7, 11) is 4.97. The Morgan fingerprint density at radius 3 is 2.45 bits per heavy atom. The highest BCUT2D eigenvalue weighted by Crippen LogP contribution is 2.38. The number of aromatic nitrogens is 6. The van der Waals surface area contributed by atoms with Crippen LogP contribution in [0.3, 0.4) is 0 Å². The average Bonchev–Trinajstić information content (AvgIpc) is 3.41. The SMILES string of the molecule is CC1c2nn(C)c(-c3cc(C(F)(F)F)nn3C)c2CCN1C(=O)c1nn(C)c2ccccc12. The second-order valence-electron chi connectivity index (χ2n) is 8.29. The largest absolute Gasteiger partial charge is 0.435 e. The Morgan fingerprint density at radius 1 is 1.03 bits per heavy atom. The van der Waals surface area contributed by atoms with E-state index < -0.39 is 11.9 Å². The molecule has 0 aliphatic carbocycles. The quantitative estimate of drug-likeness (QED) is 0.462. The molecule has 0 N–H and O–H groups in total. The second kappa shape index (κ2) is 7.19. The molecule has 8 nitrogen and oxygen atoms in total. The molecule has 3 aromatic heterocycles. The van der Waals surface area contributed by atoms with E-state index in [-0.39, 0.29) is 11.9 Å². The van der Waals surface area contributed by atoms with Gasteiger partial charge >= 0.3 is 6.18 Å². The number of alkyl halides is 3. The Morgan fingerprint density at radius 2 is 1.76 bits per heavy atom. The summed E-state index contributed by atoms with van der Waals surface area (Å²) >= 11 is 0. The number of carbonyl (C=O) groups excluding carboxylic acids is 1. The molecule has 5 rings (SSSR count). The van der Waals surface area contributed by atoms with Gasteiger partial charge in [0.1, 0.15) is 0 Å². The van der Waals surface area contributed by atoms with Gasteiger partial charge in [-0.15, -0.1) is 0 Å². The van der Waals surface area contributed by atoms with Crippen LogP contribution in [0.15, 0.2) is 30.3 Å². The number of halogens is 3. The summed E-state index contributed by atoms with van der Waals surface area (Å²) in [6.45, 7) is 2.28. The lowest BCUT2D eigenvalue weighted by molar-refractivity contribution is -0.141. The summed E-state index contributed by atoms with van der Waals surface area (Å²) in [4.78, 5) is 15.2. The van der Waals surface area contributed by atoms with E-state index in [4.69, 9.17) is 0 Å². The molecule has 1 aliphatic rings. The van der Waals surface area contributed by atoms with Crippen LogP contribution in [0.4, 0.5) is 13.2 Å². The van der Waals surface area contributed by atoms with E-state index in [1.807, 2.05) is 31.2 Å². The number of para-hydroxylation sites is 1. The summed E-state index contributed by atoms with van der Waals surface area (Å²) < 4.78 is 44.0. The molecule has 0 bridgehead atoms. The Hall–Kier alpha value is -3.63. The minimum atomic E-state index is -4.53. The van der Waals surface area contributed by atoms with Crippen LogP contribution in [0.25, 0.3) is 22.3 Å². The fourth-order valence-corrected chi connectivity index (χ4v) is 4.68. The van der Waals surface area contributed by atoms with Crippen LogP contribution in [0, 0.1) is 0 Å². The van der Waals surface area contributed by atoms with Gasteiger partial charge in [0.2, 0.25) is 0 Å². The topological polar surface area (TPSA) is 73.8 Å². The van der Waals surface area contributed by atoms with Crippen molar-refractivity contribution >= 4 is 16.8 Å². The summed E-state index contributed by atoms with van der Waals surface area (Å²) in [5.74, 6) is -0.197. The van der Waals surface area contributed by atoms with Gasteiger partial charge in [-0.05, 0) is 25.5 Å². The van der Waals surface area contributed by atoms with E-state index in [0.717, 1.165) is 22.5 Å². The minimum absolute atomic E-state index is 0.197. The fourth-order valence-electron chi connectivity index (χ4n) is 4.68. The van der Waals surface area contributed by atoms with Crippen LogP contribution < -0.4 is 0 Å². The maximum Gasteiger partial charge on any atom is 0.435 e. The highest BCUT2D eigenvalue weighted by Gasteiger charge is 2.38. The van der Waals surface area contributed by atoms with Crippen molar-refractivity contribution in [1.29, 1.82) is 0 Å². The number of aryl methyl sites for hydroxylation is 3. The van der Waals surface area contributed by atoms with E-state index in [1.54, 1.807) is 28.4 Å². The first-order valence-corrected chi connectivity index (χ1v) is 10.5. The molecule has 1 aliphatic heterocycles. The van der Waals surface area contributed by atoms with E-state index in [0.29, 0.717) is 35.7 Å². The summed E-state index contributed by atoms with van der Waals surface area (Å²) in [6.07, 6.45) is -4.07. The third-order valence-corrected chi connectivity index (χ3v) is 6.28. The first-order valence-electron chi connectivity index (χ1n) is 10.5. The molecule has 0 saturated carbocycles. The lowest BCUT2D eigenvalue weighted by atomic mass is 9.96. The third-order valence-electron chi connectivity index (χ3n) is 6.28. The van der Waals surface area contributed by atoms with Crippen LogP contribution >= 0.6 is 0 Å². The summed E-state index contributed by atoms with van der Waals surface area (Å²) in [5.41, 5.74) is 2.71. The van der Waals surface area contributed by atoms with E-state index in [9.17, 15) is 18.0 Å². The molecule has 0 radical (unpaired) electrons. The van der Waals surface area contributed by atoms with Crippen molar-refractivity contribution in [3.05, 3.63) is 53.0 Å². The molecule has 1 unspecified atom stereocenters. The number of rotatable bonds is 2. The number of nitrogens with zero attached hydrogens (tertiary/aromatic N) is 7. The molecule has 1 atom stereocenters. The predicted octanol–water partition coefficient (Wildman–Crippen LogP) is 3.49. The van der Waals surface area contributed by atoms with E-state index in [1.165, 1.54) is 11.7 Å². The Balaban J connectivity index is 1.53. The van der Waals surface area contributed by atoms with Crippen molar-refractivity contribution in [2.24, 2.45) is 21.1 Å². The van der Waals surface area contributed by atoms with Crippen molar-refractivity contribution in [2.75, 3.05) is 6.54 Å². The molecule has 33 heavy (non-hydrogen) atoms. The average molecular weight is 457 g/mol. The number of hydrogen-bond acceptors (Lipinski definition) is 4. The zero-order valence-corrected chi connectivity index (χ0v) is 18.6. The van der Waals surface area contributed by atoms with E-state index >= 15 is 0 Å². The smallest absolute Gasteiger partial charge is 0.328 e. The molecular weight excluding hydrogens is 435 g/mol. The fraction of sp³-hybridized carbons (Fsp3) is 0.364. The van der Waals surface area contributed by atoms with Gasteiger partial charge < -0.3 is 4.90 Å². The first-order chi connectivity index (χ1) is 15.6. The van der Waals surface area contributed by atoms with Crippen molar-refractivity contribution in [2.45, 2.75) is 25.6 Å². The summed E-state index contributed by atoms with van der Waals surface area (Å²) in [6, 6.07) is 8.22. The first kappa shape index (κ1) is 21.2. The number of amides is 1. The van der Waals surface area contributed by atoms with Gasteiger partial charge in [-0.25, -0.2) is 0 Å². The lowest BCUT2D eigenvalue weighted by Gasteiger charge is -2.32. The van der Waals surface area contributed by atoms with Gasteiger partial charge in [0.05, 0.1) is 28.6 Å². The molecular formula is C22H22F3N7O. The molecule has 0 saturated heterocycles. The zero-order valence-electron chi connectivity index (χ0n) is 18.6. The highest BCUT2D eigenvalue weighted by molar-refractivity contribution is 6.05. The van der Waals surface area contributed by atoms with Crippen LogP contribution in [0.2, 0.25) is 0 Å². The minimum Gasteiger partial charge on any atom is -0.328 e. The standard InChI is InChI=1S/C22H22F3N7O/c1-12-18-14(20(31(4)27-18)16-11-17(22(23,24)25)26-30(16)3)9-10-32(12)21(33)19-13-7-5-6-8-15(13)29(2)28-19/h5-8,11-12H,9-10H2,1-4H3. The lowest BCUT2D eigenvalue weighted by Crippen LogP contribution is -2.39. The number of fused-ring (bicyclic) bond motifs is 2. The Labute approximate surface area is 187 Å². The van der Waals surface area contributed by atoms with Crippen LogP contribution in [-0.2, 0) is 33.7 Å². The van der Waals surface area contributed by atoms with Gasteiger partial charge in [-0.1, -0.05) is 18.2 Å². The number of benzene rings is 1. The van der Waals surface area contributed by atoms with Crippen molar-refractivity contribution < 1.29 is 18.0 Å². The molecule has 0 spiro atoms. The molecule has 4 heterocycles. The third kappa shape index (κ3) is 3.21. The van der Waals surface area contributed by atoms with Gasteiger partial charge in [0, 0.05) is 38.6 Å². The normalized spacial score (nSPS) is 16.5. The molecule has 0 fully saturated rings. The summed E-state index contributed by atoms with van der Waals surface area (Å²) in [5, 5.41) is 13.4. The number of carbonyl (C=O) groups is 1. The molecule has 4 aromatic rings. The zero-order chi connectivity index (χ0) is 23.7. The van der Waals surface area contributed by atoms with E-state index in [2.05, 4.69) is 15.3 Å². The van der Waals surface area contributed by atoms with Crippen LogP contribution in [0.1, 0.15) is 40.4 Å². The van der Waals surface area contributed by atoms with Crippen molar-refractivity contribution in [3.8, 4) is 11.4 Å². The van der Waals surface area contributed by atoms with Crippen LogP contribution in [-0.4, -0.2) is 46.7 Å². The van der Waals surface area contributed by atoms with Gasteiger partial charge in [-0.3, -0.25) is 18.8 Å². The van der Waals surface area contributed by atoms with Crippen molar-refractivity contribution in [1.82, 2.24) is 34.2 Å².